The molecule has 0 saturated heterocycles. The highest BCUT2D eigenvalue weighted by Gasteiger charge is 2.02. The molecule has 1 rings (SSSR count). The Morgan fingerprint density at radius 1 is 1.67 bits per heavy atom. The van der Waals surface area contributed by atoms with Crippen LogP contribution in [0.2, 0.25) is 0 Å². The normalized spacial score (nSPS) is 24.8. The summed E-state index contributed by atoms with van der Waals surface area (Å²) in [5, 5.41) is 0. The summed E-state index contributed by atoms with van der Waals surface area (Å²) in [7, 11) is 0. The van der Waals surface area contributed by atoms with Crippen molar-refractivity contribution in [2.24, 2.45) is 10.9 Å². The zero-order valence-electron chi connectivity index (χ0n) is 5.88. The Morgan fingerprint density at radius 3 is 3.11 bits per heavy atom. The fourth-order valence-corrected chi connectivity index (χ4v) is 1.09. The van der Waals surface area contributed by atoms with Crippen LogP contribution >= 0.6 is 0 Å². The molecule has 1 atom stereocenters. The maximum absolute atomic E-state index is 4.07. The van der Waals surface area contributed by atoms with Crippen LogP contribution in [0.3, 0.4) is 0 Å². The van der Waals surface area contributed by atoms with Crippen LogP contribution in [0.1, 0.15) is 26.2 Å². The van der Waals surface area contributed by atoms with Gasteiger partial charge in [0, 0.05) is 12.4 Å². The summed E-state index contributed by atoms with van der Waals surface area (Å²) < 4.78 is 0. The van der Waals surface area contributed by atoms with E-state index in [0.717, 1.165) is 5.92 Å². The van der Waals surface area contributed by atoms with Gasteiger partial charge in [-0.15, -0.1) is 0 Å². The predicted molar refractivity (Wildman–Crippen MR) is 40.6 cm³/mol. The minimum absolute atomic E-state index is 0.722. The van der Waals surface area contributed by atoms with Crippen molar-refractivity contribution >= 4 is 6.21 Å². The Morgan fingerprint density at radius 2 is 2.56 bits per heavy atom. The standard InChI is InChI=1S/C8H13N/c1-2-4-8-5-3-6-9-7-8/h3,6-8H,2,4-5H2,1H3. The molecule has 0 aromatic heterocycles. The second-order valence-corrected chi connectivity index (χ2v) is 2.47. The molecule has 0 N–H and O–H groups in total. The first-order valence-electron chi connectivity index (χ1n) is 3.61. The Kier molecular flexibility index (Phi) is 2.49. The second kappa shape index (κ2) is 3.44. The van der Waals surface area contributed by atoms with Gasteiger partial charge in [0.2, 0.25) is 0 Å². The van der Waals surface area contributed by atoms with Gasteiger partial charge in [-0.2, -0.15) is 0 Å². The summed E-state index contributed by atoms with van der Waals surface area (Å²) in [5.74, 6) is 0.722. The largest absolute Gasteiger partial charge is 0.269 e. The van der Waals surface area contributed by atoms with Crippen molar-refractivity contribution in [2.45, 2.75) is 26.2 Å². The lowest BCUT2D eigenvalue weighted by atomic mass is 10.0. The van der Waals surface area contributed by atoms with Crippen LogP contribution in [0, 0.1) is 5.92 Å². The molecular formula is C8H13N. The lowest BCUT2D eigenvalue weighted by molar-refractivity contribution is 0.626. The van der Waals surface area contributed by atoms with E-state index in [9.17, 15) is 0 Å². The minimum atomic E-state index is 0.722. The third-order valence-electron chi connectivity index (χ3n) is 1.59. The van der Waals surface area contributed by atoms with E-state index in [0.29, 0.717) is 0 Å². The first-order chi connectivity index (χ1) is 4.43. The number of allylic oxidation sites excluding steroid dienone is 1. The Hall–Kier alpha value is -0.590. The monoisotopic (exact) mass is 123 g/mol. The lowest BCUT2D eigenvalue weighted by Crippen LogP contribution is -2.01. The number of aliphatic imine (C=N–C) groups is 1. The van der Waals surface area contributed by atoms with Gasteiger partial charge in [-0.25, -0.2) is 0 Å². The van der Waals surface area contributed by atoms with E-state index in [1.165, 1.54) is 19.3 Å². The molecule has 50 valence electrons. The minimum Gasteiger partial charge on any atom is -0.269 e. The van der Waals surface area contributed by atoms with Gasteiger partial charge in [0.05, 0.1) is 0 Å². The summed E-state index contributed by atoms with van der Waals surface area (Å²) in [4.78, 5) is 4.07. The van der Waals surface area contributed by atoms with E-state index in [1.54, 1.807) is 0 Å². The van der Waals surface area contributed by atoms with Gasteiger partial charge < -0.3 is 0 Å². The van der Waals surface area contributed by atoms with Gasteiger partial charge in [0.1, 0.15) is 0 Å². The highest BCUT2D eigenvalue weighted by molar-refractivity contribution is 5.62. The molecule has 1 nitrogen and oxygen atoms in total. The van der Waals surface area contributed by atoms with Gasteiger partial charge in [-0.1, -0.05) is 19.4 Å². The highest BCUT2D eigenvalue weighted by atomic mass is 14.7. The maximum Gasteiger partial charge on any atom is 0.0224 e. The summed E-state index contributed by atoms with van der Waals surface area (Å²) in [5.41, 5.74) is 0. The van der Waals surface area contributed by atoms with Crippen molar-refractivity contribution in [3.63, 3.8) is 0 Å². The number of hydrogen-bond acceptors (Lipinski definition) is 1. The summed E-state index contributed by atoms with van der Waals surface area (Å²) in [6, 6.07) is 0. The van der Waals surface area contributed by atoms with Crippen LogP contribution in [-0.2, 0) is 0 Å². The van der Waals surface area contributed by atoms with Crippen LogP contribution in [0.15, 0.2) is 17.3 Å². The van der Waals surface area contributed by atoms with Crippen LogP contribution in [0.4, 0.5) is 0 Å². The van der Waals surface area contributed by atoms with Crippen molar-refractivity contribution in [3.8, 4) is 0 Å². The number of rotatable bonds is 2. The quantitative estimate of drug-likeness (QED) is 0.534. The second-order valence-electron chi connectivity index (χ2n) is 2.47. The van der Waals surface area contributed by atoms with Crippen molar-refractivity contribution in [3.05, 3.63) is 12.3 Å². The smallest absolute Gasteiger partial charge is 0.0224 e. The molecule has 1 aliphatic heterocycles. The number of hydrogen-bond donors (Lipinski definition) is 0. The van der Waals surface area contributed by atoms with Gasteiger partial charge in [0.15, 0.2) is 0 Å². The third kappa shape index (κ3) is 2.00. The topological polar surface area (TPSA) is 12.4 Å². The van der Waals surface area contributed by atoms with E-state index < -0.39 is 0 Å². The van der Waals surface area contributed by atoms with Crippen molar-refractivity contribution in [1.82, 2.24) is 0 Å². The average Bonchev–Trinajstić information content (AvgIpc) is 1.91. The zero-order valence-corrected chi connectivity index (χ0v) is 5.88. The maximum atomic E-state index is 4.07. The molecule has 0 aromatic carbocycles. The zero-order chi connectivity index (χ0) is 6.53. The highest BCUT2D eigenvalue weighted by Crippen LogP contribution is 2.12. The molecule has 0 amide bonds. The molecule has 0 radical (unpaired) electrons. The van der Waals surface area contributed by atoms with Gasteiger partial charge in [-0.05, 0) is 18.8 Å². The van der Waals surface area contributed by atoms with Crippen molar-refractivity contribution in [2.75, 3.05) is 0 Å². The Bertz CT molecular complexity index is 125. The van der Waals surface area contributed by atoms with Gasteiger partial charge in [-0.3, -0.25) is 4.99 Å². The molecule has 9 heavy (non-hydrogen) atoms. The van der Waals surface area contributed by atoms with E-state index in [-0.39, 0.29) is 0 Å². The Labute approximate surface area is 56.5 Å². The fourth-order valence-electron chi connectivity index (χ4n) is 1.09. The molecule has 0 fully saturated rings. The van der Waals surface area contributed by atoms with Crippen LogP contribution in [0.5, 0.6) is 0 Å². The van der Waals surface area contributed by atoms with Crippen LogP contribution < -0.4 is 0 Å². The first-order valence-corrected chi connectivity index (χ1v) is 3.61. The van der Waals surface area contributed by atoms with Crippen LogP contribution in [-0.4, -0.2) is 6.21 Å². The average molecular weight is 123 g/mol. The van der Waals surface area contributed by atoms with E-state index in [2.05, 4.69) is 24.2 Å². The Balaban J connectivity index is 2.28. The van der Waals surface area contributed by atoms with Crippen LogP contribution in [0.25, 0.3) is 0 Å². The number of nitrogens with zero attached hydrogens (tertiary/aromatic N) is 1. The summed E-state index contributed by atoms with van der Waals surface area (Å²) in [6.07, 6.45) is 9.83. The molecule has 1 aliphatic rings. The summed E-state index contributed by atoms with van der Waals surface area (Å²) >= 11 is 0. The fraction of sp³-hybridized carbons (Fsp3) is 0.625. The lowest BCUT2D eigenvalue weighted by Gasteiger charge is -2.08. The van der Waals surface area contributed by atoms with Crippen molar-refractivity contribution < 1.29 is 0 Å². The molecule has 0 aliphatic carbocycles. The van der Waals surface area contributed by atoms with Gasteiger partial charge >= 0.3 is 0 Å². The molecule has 0 saturated carbocycles. The molecule has 0 aromatic rings. The molecular weight excluding hydrogens is 110 g/mol. The molecule has 0 bridgehead atoms. The van der Waals surface area contributed by atoms with E-state index >= 15 is 0 Å². The third-order valence-corrected chi connectivity index (χ3v) is 1.59. The molecule has 1 heteroatoms. The molecule has 1 heterocycles. The summed E-state index contributed by atoms with van der Waals surface area (Å²) in [6.45, 7) is 2.21. The molecule has 1 unspecified atom stereocenters. The first kappa shape index (κ1) is 6.53. The predicted octanol–water partition coefficient (Wildman–Crippen LogP) is 2.39. The van der Waals surface area contributed by atoms with E-state index in [1.807, 2.05) is 6.20 Å². The van der Waals surface area contributed by atoms with E-state index in [4.69, 9.17) is 0 Å². The van der Waals surface area contributed by atoms with Crippen molar-refractivity contribution in [1.29, 1.82) is 0 Å². The van der Waals surface area contributed by atoms with Gasteiger partial charge in [0.25, 0.3) is 0 Å². The SMILES string of the molecule is CCCC1C=NC=CC1. The molecule has 0 spiro atoms.